The summed E-state index contributed by atoms with van der Waals surface area (Å²) in [6.07, 6.45) is 3.32. The van der Waals surface area contributed by atoms with E-state index in [2.05, 4.69) is 4.90 Å². The van der Waals surface area contributed by atoms with Crippen molar-refractivity contribution in [3.8, 4) is 0 Å². The van der Waals surface area contributed by atoms with Crippen molar-refractivity contribution in [3.63, 3.8) is 0 Å². The van der Waals surface area contributed by atoms with Gasteiger partial charge in [0.25, 0.3) is 0 Å². The molecular formula is C37H39Cl2F4N3O2. The summed E-state index contributed by atoms with van der Waals surface area (Å²) < 4.78 is 51.8. The fourth-order valence-electron chi connectivity index (χ4n) is 6.46. The molecule has 2 fully saturated rings. The van der Waals surface area contributed by atoms with Crippen molar-refractivity contribution in [3.05, 3.63) is 105 Å². The van der Waals surface area contributed by atoms with Crippen LogP contribution in [0.5, 0.6) is 0 Å². The minimum Gasteiger partial charge on any atom is -0.339 e. The zero-order chi connectivity index (χ0) is 34.3. The Morgan fingerprint density at radius 1 is 0.854 bits per heavy atom. The van der Waals surface area contributed by atoms with Gasteiger partial charge >= 0.3 is 6.18 Å². The maximum Gasteiger partial charge on any atom is 0.416 e. The monoisotopic (exact) mass is 703 g/mol. The lowest BCUT2D eigenvalue weighted by Crippen LogP contribution is -2.45. The molecule has 2 amide bonds. The number of anilines is 1. The maximum absolute atomic E-state index is 13.9. The SMILES string of the molecule is O=C(/C=C/c1ccc(C(F)(F)F)cc1)N1CCC(C(=O)N(CCCN2CCC(Cc3ccc(F)cc3)CC2)c2ccc(Cl)c(Cl)c2)CC1. The van der Waals surface area contributed by atoms with Crippen molar-refractivity contribution in [2.45, 2.75) is 44.7 Å². The van der Waals surface area contributed by atoms with Crippen LogP contribution in [0, 0.1) is 17.7 Å². The van der Waals surface area contributed by atoms with Crippen LogP contribution in [0.2, 0.25) is 10.0 Å². The first-order valence-electron chi connectivity index (χ1n) is 16.3. The van der Waals surface area contributed by atoms with E-state index in [1.54, 1.807) is 28.0 Å². The number of hydrogen-bond acceptors (Lipinski definition) is 3. The van der Waals surface area contributed by atoms with E-state index in [0.717, 1.165) is 63.0 Å². The van der Waals surface area contributed by atoms with Crippen molar-refractivity contribution in [2.75, 3.05) is 44.2 Å². The highest BCUT2D eigenvalue weighted by molar-refractivity contribution is 6.42. The molecule has 3 aromatic rings. The average molecular weight is 705 g/mol. The van der Waals surface area contributed by atoms with Crippen LogP contribution in [-0.4, -0.2) is 60.9 Å². The quantitative estimate of drug-likeness (QED) is 0.157. The Balaban J connectivity index is 1.13. The normalized spacial score (nSPS) is 16.8. The van der Waals surface area contributed by atoms with Crippen LogP contribution in [0.25, 0.3) is 6.08 Å². The number of piperidine rings is 2. The molecule has 2 aliphatic heterocycles. The van der Waals surface area contributed by atoms with E-state index >= 15 is 0 Å². The molecule has 0 atom stereocenters. The molecule has 2 saturated heterocycles. The number of alkyl halides is 3. The second-order valence-electron chi connectivity index (χ2n) is 12.6. The summed E-state index contributed by atoms with van der Waals surface area (Å²) in [4.78, 5) is 32.6. The van der Waals surface area contributed by atoms with Crippen LogP contribution in [-0.2, 0) is 22.2 Å². The van der Waals surface area contributed by atoms with E-state index in [4.69, 9.17) is 23.2 Å². The molecule has 11 heteroatoms. The van der Waals surface area contributed by atoms with Crippen LogP contribution in [0.15, 0.2) is 72.8 Å². The molecule has 2 aliphatic rings. The van der Waals surface area contributed by atoms with Gasteiger partial charge < -0.3 is 14.7 Å². The number of benzene rings is 3. The van der Waals surface area contributed by atoms with E-state index in [1.165, 1.54) is 36.4 Å². The number of carbonyl (C=O) groups excluding carboxylic acids is 2. The summed E-state index contributed by atoms with van der Waals surface area (Å²) in [7, 11) is 0. The molecule has 3 aromatic carbocycles. The summed E-state index contributed by atoms with van der Waals surface area (Å²) in [5.74, 6) is -0.182. The van der Waals surface area contributed by atoms with Gasteiger partial charge in [0.05, 0.1) is 15.6 Å². The molecule has 0 bridgehead atoms. The van der Waals surface area contributed by atoms with Gasteiger partial charge in [-0.15, -0.1) is 0 Å². The first-order valence-corrected chi connectivity index (χ1v) is 17.1. The Kier molecular flexibility index (Phi) is 12.2. The second-order valence-corrected chi connectivity index (χ2v) is 13.4. The van der Waals surface area contributed by atoms with Crippen LogP contribution >= 0.6 is 23.2 Å². The number of carbonyl (C=O) groups is 2. The molecule has 0 saturated carbocycles. The second kappa shape index (κ2) is 16.3. The first kappa shape index (κ1) is 35.9. The average Bonchev–Trinajstić information content (AvgIpc) is 3.08. The highest BCUT2D eigenvalue weighted by Crippen LogP contribution is 2.31. The van der Waals surface area contributed by atoms with E-state index < -0.39 is 11.7 Å². The third-order valence-electron chi connectivity index (χ3n) is 9.29. The fourth-order valence-corrected chi connectivity index (χ4v) is 6.76. The van der Waals surface area contributed by atoms with Gasteiger partial charge in [0.15, 0.2) is 0 Å². The predicted octanol–water partition coefficient (Wildman–Crippen LogP) is 8.78. The molecule has 0 N–H and O–H groups in total. The highest BCUT2D eigenvalue weighted by atomic mass is 35.5. The third-order valence-corrected chi connectivity index (χ3v) is 10.0. The molecule has 0 unspecified atom stereocenters. The summed E-state index contributed by atoms with van der Waals surface area (Å²) >= 11 is 12.5. The lowest BCUT2D eigenvalue weighted by Gasteiger charge is -2.35. The molecule has 256 valence electrons. The predicted molar refractivity (Wildman–Crippen MR) is 182 cm³/mol. The smallest absolute Gasteiger partial charge is 0.339 e. The van der Waals surface area contributed by atoms with Crippen molar-refractivity contribution >= 4 is 46.8 Å². The fraction of sp³-hybridized carbons (Fsp3) is 0.405. The number of halogens is 6. The Hall–Kier alpha value is -3.40. The summed E-state index contributed by atoms with van der Waals surface area (Å²) in [5.41, 5.74) is 1.60. The van der Waals surface area contributed by atoms with Gasteiger partial charge in [0, 0.05) is 37.3 Å². The molecule has 48 heavy (non-hydrogen) atoms. The van der Waals surface area contributed by atoms with Gasteiger partial charge in [-0.3, -0.25) is 9.59 Å². The number of hydrogen-bond donors (Lipinski definition) is 0. The summed E-state index contributed by atoms with van der Waals surface area (Å²) in [6.45, 7) is 4.12. The van der Waals surface area contributed by atoms with Crippen LogP contribution in [0.4, 0.5) is 23.2 Å². The lowest BCUT2D eigenvalue weighted by atomic mass is 9.90. The topological polar surface area (TPSA) is 43.9 Å². The van der Waals surface area contributed by atoms with E-state index in [1.807, 2.05) is 12.1 Å². The van der Waals surface area contributed by atoms with Crippen LogP contribution in [0.3, 0.4) is 0 Å². The van der Waals surface area contributed by atoms with Crippen LogP contribution < -0.4 is 4.90 Å². The highest BCUT2D eigenvalue weighted by Gasteiger charge is 2.32. The zero-order valence-corrected chi connectivity index (χ0v) is 28.1. The van der Waals surface area contributed by atoms with E-state index in [9.17, 15) is 27.2 Å². The molecule has 5 rings (SSSR count). The van der Waals surface area contributed by atoms with Crippen molar-refractivity contribution in [2.24, 2.45) is 11.8 Å². The van der Waals surface area contributed by atoms with Gasteiger partial charge in [-0.1, -0.05) is 47.5 Å². The molecular weight excluding hydrogens is 665 g/mol. The molecule has 0 radical (unpaired) electrons. The Labute approximate surface area is 289 Å². The van der Waals surface area contributed by atoms with Gasteiger partial charge in [0.2, 0.25) is 11.8 Å². The van der Waals surface area contributed by atoms with Gasteiger partial charge in [-0.25, -0.2) is 4.39 Å². The van der Waals surface area contributed by atoms with E-state index in [0.29, 0.717) is 59.7 Å². The first-order chi connectivity index (χ1) is 23.0. The zero-order valence-electron chi connectivity index (χ0n) is 26.6. The molecule has 5 nitrogen and oxygen atoms in total. The number of nitrogens with zero attached hydrogens (tertiary/aromatic N) is 3. The van der Waals surface area contributed by atoms with E-state index in [-0.39, 0.29) is 23.5 Å². The van der Waals surface area contributed by atoms with Crippen molar-refractivity contribution in [1.29, 1.82) is 0 Å². The maximum atomic E-state index is 13.9. The minimum absolute atomic E-state index is 0.0150. The Morgan fingerprint density at radius 2 is 1.52 bits per heavy atom. The summed E-state index contributed by atoms with van der Waals surface area (Å²) in [6, 6.07) is 16.6. The van der Waals surface area contributed by atoms with Gasteiger partial charge in [-0.2, -0.15) is 13.2 Å². The Morgan fingerprint density at radius 3 is 2.15 bits per heavy atom. The molecule has 0 spiro atoms. The third kappa shape index (κ3) is 9.83. The lowest BCUT2D eigenvalue weighted by molar-refractivity contribution is -0.137. The van der Waals surface area contributed by atoms with Gasteiger partial charge in [0.1, 0.15) is 5.82 Å². The standard InChI is InChI=1S/C37H39Cl2F4N3O2/c38-33-12-11-32(25-34(33)39)46(19-1-18-44-20-14-28(15-21-44)24-27-4-9-31(40)10-5-27)36(48)29-16-22-45(23-17-29)35(47)13-6-26-2-7-30(8-3-26)37(41,42)43/h2-13,25,28-29H,1,14-24H2/b13-6+. The van der Waals surface area contributed by atoms with Gasteiger partial charge in [-0.05, 0) is 124 Å². The molecule has 0 aliphatic carbocycles. The largest absolute Gasteiger partial charge is 0.416 e. The Bertz CT molecular complexity index is 1560. The number of amides is 2. The summed E-state index contributed by atoms with van der Waals surface area (Å²) in [5, 5.41) is 0.780. The van der Waals surface area contributed by atoms with Crippen molar-refractivity contribution in [1.82, 2.24) is 9.80 Å². The molecule has 2 heterocycles. The van der Waals surface area contributed by atoms with Crippen molar-refractivity contribution < 1.29 is 27.2 Å². The number of rotatable bonds is 10. The van der Waals surface area contributed by atoms with Crippen LogP contribution in [0.1, 0.15) is 48.8 Å². The number of likely N-dealkylation sites (tertiary alicyclic amines) is 2. The molecule has 0 aromatic heterocycles. The minimum atomic E-state index is -4.42.